The molecule has 9 aromatic rings. The van der Waals surface area contributed by atoms with Crippen molar-refractivity contribution in [3.8, 4) is 39.9 Å². The number of benzene rings is 9. The number of ether oxygens (including phenoxy) is 10. The first kappa shape index (κ1) is 73.0. The average molecular weight is 1330 g/mol. The minimum Gasteiger partial charge on any atom is -0.491 e. The summed E-state index contributed by atoms with van der Waals surface area (Å²) in [5, 5.41) is 4.98. The fraction of sp³-hybridized carbons (Fsp3) is 0.432. The predicted octanol–water partition coefficient (Wildman–Crippen LogP) is 20.1. The molecule has 5 fully saturated rings. The minimum atomic E-state index is -0.0332. The highest BCUT2D eigenvalue weighted by molar-refractivity contribution is 5.85. The molecule has 98 heavy (non-hydrogen) atoms. The summed E-state index contributed by atoms with van der Waals surface area (Å²) in [7, 11) is 0. The summed E-state index contributed by atoms with van der Waals surface area (Å²) in [6.45, 7) is 45.5. The molecule has 0 amide bonds. The Balaban J connectivity index is 0.000000134. The van der Waals surface area contributed by atoms with Crippen molar-refractivity contribution in [1.29, 1.82) is 0 Å². The highest BCUT2D eigenvalue weighted by atomic mass is 16.6. The molecule has 520 valence electrons. The van der Waals surface area contributed by atoms with Crippen molar-refractivity contribution < 1.29 is 47.4 Å². The Morgan fingerprint density at radius 1 is 0.235 bits per heavy atom. The third kappa shape index (κ3) is 22.7. The predicted molar refractivity (Wildman–Crippen MR) is 401 cm³/mol. The minimum absolute atomic E-state index is 0.0332. The van der Waals surface area contributed by atoms with Crippen molar-refractivity contribution in [2.24, 2.45) is 0 Å². The van der Waals surface area contributed by atoms with Crippen LogP contribution < -0.4 is 23.7 Å². The second-order valence-corrected chi connectivity index (χ2v) is 32.4. The number of hydrogen-bond acceptors (Lipinski definition) is 10. The van der Waals surface area contributed by atoms with E-state index >= 15 is 0 Å². The molecule has 5 atom stereocenters. The molecule has 0 N–H and O–H groups in total. The highest BCUT2D eigenvalue weighted by Crippen LogP contribution is 2.36. The molecule has 5 unspecified atom stereocenters. The van der Waals surface area contributed by atoms with E-state index in [0.717, 1.165) is 61.8 Å². The van der Waals surface area contributed by atoms with Gasteiger partial charge in [-0.1, -0.05) is 251 Å². The van der Waals surface area contributed by atoms with Crippen LogP contribution in [0.1, 0.15) is 157 Å². The molecule has 0 aromatic heterocycles. The van der Waals surface area contributed by atoms with E-state index in [4.69, 9.17) is 47.4 Å². The number of fused-ring (bicyclic) bond motifs is 2. The Bertz CT molecular complexity index is 3970. The molecule has 5 heterocycles. The molecule has 10 heteroatoms. The molecular formula is C88H108O10. The molecule has 5 saturated heterocycles. The van der Waals surface area contributed by atoms with Gasteiger partial charge in [0.25, 0.3) is 0 Å². The molecule has 0 spiro atoms. The zero-order chi connectivity index (χ0) is 70.0. The average Bonchev–Trinajstić information content (AvgIpc) is 1.19. The Morgan fingerprint density at radius 2 is 0.449 bits per heavy atom. The largest absolute Gasteiger partial charge is 0.491 e. The van der Waals surface area contributed by atoms with Crippen molar-refractivity contribution in [2.45, 2.75) is 181 Å². The maximum atomic E-state index is 5.74. The van der Waals surface area contributed by atoms with Gasteiger partial charge in [0.1, 0.15) is 92.3 Å². The summed E-state index contributed by atoms with van der Waals surface area (Å²) in [5.74, 6) is 4.59. The fourth-order valence-corrected chi connectivity index (χ4v) is 10.8. The summed E-state index contributed by atoms with van der Waals surface area (Å²) in [6, 6.07) is 68.7. The summed E-state index contributed by atoms with van der Waals surface area (Å²) in [5.41, 5.74) is 12.8. The van der Waals surface area contributed by atoms with Crippen LogP contribution in [0.3, 0.4) is 0 Å². The molecule has 9 aromatic carbocycles. The van der Waals surface area contributed by atoms with Gasteiger partial charge in [0.2, 0.25) is 0 Å². The maximum absolute atomic E-state index is 5.74. The third-order valence-electron chi connectivity index (χ3n) is 18.3. The van der Waals surface area contributed by atoms with Gasteiger partial charge in [0.05, 0.1) is 33.0 Å². The van der Waals surface area contributed by atoms with Crippen LogP contribution in [0, 0.1) is 0 Å². The van der Waals surface area contributed by atoms with Crippen molar-refractivity contribution in [2.75, 3.05) is 66.1 Å². The van der Waals surface area contributed by atoms with Gasteiger partial charge >= 0.3 is 0 Å². The Hall–Kier alpha value is -7.70. The van der Waals surface area contributed by atoms with Crippen LogP contribution in [0.25, 0.3) is 32.7 Å². The van der Waals surface area contributed by atoms with Crippen molar-refractivity contribution in [3.05, 3.63) is 233 Å². The lowest BCUT2D eigenvalue weighted by atomic mass is 9.77. The zero-order valence-electron chi connectivity index (χ0n) is 61.5. The van der Waals surface area contributed by atoms with Gasteiger partial charge in [-0.25, -0.2) is 0 Å². The molecule has 5 aliphatic heterocycles. The Labute approximate surface area is 585 Å². The van der Waals surface area contributed by atoms with Gasteiger partial charge in [-0.15, -0.1) is 0 Å². The van der Waals surface area contributed by atoms with E-state index in [1.54, 1.807) is 0 Å². The first-order chi connectivity index (χ1) is 46.4. The van der Waals surface area contributed by atoms with Gasteiger partial charge in [-0.05, 0) is 159 Å². The molecule has 10 nitrogen and oxygen atoms in total. The first-order valence-electron chi connectivity index (χ1n) is 35.2. The van der Waals surface area contributed by atoms with Crippen LogP contribution in [0.15, 0.2) is 194 Å². The summed E-state index contributed by atoms with van der Waals surface area (Å²) < 4.78 is 54.1. The van der Waals surface area contributed by atoms with Crippen LogP contribution in [-0.4, -0.2) is 96.6 Å². The topological polar surface area (TPSA) is 109 Å². The first-order valence-corrected chi connectivity index (χ1v) is 35.2. The lowest BCUT2D eigenvalue weighted by Gasteiger charge is -2.28. The molecular weight excluding hydrogens is 1220 g/mol. The molecule has 0 saturated carbocycles. The van der Waals surface area contributed by atoms with Crippen LogP contribution in [0.5, 0.6) is 28.7 Å². The third-order valence-corrected chi connectivity index (χ3v) is 18.3. The normalized spacial score (nSPS) is 18.4. The van der Waals surface area contributed by atoms with Crippen molar-refractivity contribution >= 4 is 21.5 Å². The molecule has 0 bridgehead atoms. The lowest BCUT2D eigenvalue weighted by molar-refractivity contribution is 0.263. The molecule has 5 aliphatic rings. The second-order valence-electron chi connectivity index (χ2n) is 32.4. The van der Waals surface area contributed by atoms with Crippen molar-refractivity contribution in [3.63, 3.8) is 0 Å². The van der Waals surface area contributed by atoms with Gasteiger partial charge < -0.3 is 47.4 Å². The summed E-state index contributed by atoms with van der Waals surface area (Å²) >= 11 is 0. The SMILES string of the molecule is CC(C)(C)c1ccc(-c2ccc(OCC3CO3)cc2)cc1.CC(C)(C)c1ccc(C(C)(C)c2ccc(OCC3CO3)cc2)cc1.CC(C)(C)c1ccc(OCC2CO2)cc1.CC(C)(C)c1ccc2cc(OCC3CO3)ccc2c1.CC(C)(C)c1ccc2ccc(OCC3CO3)cc2c1. The van der Waals surface area contributed by atoms with E-state index < -0.39 is 0 Å². The monoisotopic (exact) mass is 1320 g/mol. The van der Waals surface area contributed by atoms with E-state index in [9.17, 15) is 0 Å². The van der Waals surface area contributed by atoms with E-state index in [0.29, 0.717) is 63.6 Å². The van der Waals surface area contributed by atoms with Crippen LogP contribution in [0.4, 0.5) is 0 Å². The number of epoxide rings is 5. The van der Waals surface area contributed by atoms with Gasteiger partial charge in [-0.2, -0.15) is 0 Å². The van der Waals surface area contributed by atoms with Crippen molar-refractivity contribution in [1.82, 2.24) is 0 Å². The number of hydrogen-bond donors (Lipinski definition) is 0. The van der Waals surface area contributed by atoms with Gasteiger partial charge in [0, 0.05) is 5.41 Å². The van der Waals surface area contributed by atoms with Crippen LogP contribution in [-0.2, 0) is 56.2 Å². The van der Waals surface area contributed by atoms with Gasteiger partial charge in [0.15, 0.2) is 0 Å². The Kier molecular flexibility index (Phi) is 23.3. The summed E-state index contributed by atoms with van der Waals surface area (Å²) in [4.78, 5) is 0. The fourth-order valence-electron chi connectivity index (χ4n) is 10.8. The number of rotatable bonds is 18. The molecule has 0 aliphatic carbocycles. The lowest BCUT2D eigenvalue weighted by Crippen LogP contribution is -2.19. The Morgan fingerprint density at radius 3 is 0.796 bits per heavy atom. The standard InChI is InChI=1S/C22H28O2.C19H22O2.2C17H20O2.C13H18O2/c1-21(2,3)16-6-8-17(9-7-16)22(4,5)18-10-12-19(13-11-18)23-14-20-15-24-20;1-19(2,3)16-8-4-14(5-9-16)15-6-10-17(11-7-15)20-12-18-13-21-18;1-17(2,3)14-6-4-13-9-15(7-5-12(13)8-14)18-10-16-11-19-16;1-17(2,3)14-6-4-12-5-7-15(9-13(12)8-14)18-10-16-11-19-16;1-13(2,3)10-4-6-11(7-5-10)14-8-12-9-15-12/h6-13,20H,14-15H2,1-5H3;4-11,18H,12-13H2,1-3H3;2*4-9,16H,10-11H2,1-3H3;4-7,12H,8-9H2,1-3H3. The highest BCUT2D eigenvalue weighted by Gasteiger charge is 2.28. The summed E-state index contributed by atoms with van der Waals surface area (Å²) in [6.07, 6.45) is 1.53. The van der Waals surface area contributed by atoms with E-state index in [-0.39, 0.29) is 32.5 Å². The quantitative estimate of drug-likeness (QED) is 0.0771. The van der Waals surface area contributed by atoms with Gasteiger partial charge in [-0.3, -0.25) is 0 Å². The second kappa shape index (κ2) is 31.2. The van der Waals surface area contributed by atoms with Crippen LogP contribution in [0.2, 0.25) is 0 Å². The smallest absolute Gasteiger partial charge is 0.120 e. The maximum Gasteiger partial charge on any atom is 0.120 e. The molecule has 0 radical (unpaired) electrons. The van der Waals surface area contributed by atoms with E-state index in [1.165, 1.54) is 71.6 Å². The molecule has 14 rings (SSSR count). The zero-order valence-corrected chi connectivity index (χ0v) is 61.5. The van der Waals surface area contributed by atoms with Crippen LogP contribution >= 0.6 is 0 Å². The van der Waals surface area contributed by atoms with E-state index in [2.05, 4.69) is 275 Å². The van der Waals surface area contributed by atoms with E-state index in [1.807, 2.05) is 36.4 Å².